The maximum absolute atomic E-state index is 13.5. The fourth-order valence-electron chi connectivity index (χ4n) is 1.65. The molecule has 94 valence electrons. The number of hydrogen-bond acceptors (Lipinski definition) is 1. The molecule has 2 aromatic carbocycles. The molecule has 0 heterocycles. The minimum atomic E-state index is -0.298. The summed E-state index contributed by atoms with van der Waals surface area (Å²) in [6, 6.07) is 10.5. The van der Waals surface area contributed by atoms with Crippen LogP contribution in [-0.4, -0.2) is 0 Å². The van der Waals surface area contributed by atoms with Crippen molar-refractivity contribution in [3.05, 3.63) is 62.8 Å². The molecule has 0 spiro atoms. The Morgan fingerprint density at radius 1 is 1.22 bits per heavy atom. The molecule has 0 aliphatic heterocycles. The van der Waals surface area contributed by atoms with E-state index in [9.17, 15) is 4.39 Å². The molecule has 0 unspecified atom stereocenters. The number of nitrogens with one attached hydrogen (secondary N) is 1. The van der Waals surface area contributed by atoms with E-state index in [1.807, 2.05) is 19.1 Å². The van der Waals surface area contributed by atoms with Gasteiger partial charge in [-0.05, 0) is 42.3 Å². The van der Waals surface area contributed by atoms with Gasteiger partial charge in [0, 0.05) is 16.0 Å². The average molecular weight is 329 g/mol. The molecule has 0 atom stereocenters. The summed E-state index contributed by atoms with van der Waals surface area (Å²) >= 11 is 9.28. The van der Waals surface area contributed by atoms with E-state index in [-0.39, 0.29) is 5.82 Å². The maximum Gasteiger partial charge on any atom is 0.146 e. The SMILES string of the molecule is Cc1cc(CNc2cc(Cl)ccc2F)ccc1Br. The van der Waals surface area contributed by atoms with Crippen molar-refractivity contribution in [1.29, 1.82) is 0 Å². The van der Waals surface area contributed by atoms with Crippen molar-refractivity contribution in [1.82, 2.24) is 0 Å². The molecule has 0 bridgehead atoms. The Morgan fingerprint density at radius 3 is 2.72 bits per heavy atom. The summed E-state index contributed by atoms with van der Waals surface area (Å²) in [4.78, 5) is 0. The van der Waals surface area contributed by atoms with Gasteiger partial charge in [0.05, 0.1) is 5.69 Å². The van der Waals surface area contributed by atoms with Crippen molar-refractivity contribution in [3.63, 3.8) is 0 Å². The Morgan fingerprint density at radius 2 is 2.00 bits per heavy atom. The summed E-state index contributed by atoms with van der Waals surface area (Å²) in [5.41, 5.74) is 2.67. The third-order valence-corrected chi connectivity index (χ3v) is 3.76. The first-order valence-electron chi connectivity index (χ1n) is 5.50. The topological polar surface area (TPSA) is 12.0 Å². The van der Waals surface area contributed by atoms with Crippen molar-refractivity contribution in [2.45, 2.75) is 13.5 Å². The van der Waals surface area contributed by atoms with Crippen molar-refractivity contribution in [3.8, 4) is 0 Å². The van der Waals surface area contributed by atoms with E-state index >= 15 is 0 Å². The molecule has 2 rings (SSSR count). The van der Waals surface area contributed by atoms with Gasteiger partial charge >= 0.3 is 0 Å². The molecule has 0 fully saturated rings. The van der Waals surface area contributed by atoms with Gasteiger partial charge in [-0.25, -0.2) is 4.39 Å². The number of anilines is 1. The first-order chi connectivity index (χ1) is 8.56. The Kier molecular flexibility index (Phi) is 4.25. The molecule has 0 aliphatic rings. The molecular formula is C14H12BrClFN. The highest BCUT2D eigenvalue weighted by molar-refractivity contribution is 9.10. The van der Waals surface area contributed by atoms with Crippen molar-refractivity contribution in [2.24, 2.45) is 0 Å². The molecule has 0 amide bonds. The van der Waals surface area contributed by atoms with Gasteiger partial charge < -0.3 is 5.32 Å². The molecule has 0 saturated heterocycles. The van der Waals surface area contributed by atoms with Crippen LogP contribution in [0, 0.1) is 12.7 Å². The first-order valence-corrected chi connectivity index (χ1v) is 6.67. The second-order valence-electron chi connectivity index (χ2n) is 4.06. The van der Waals surface area contributed by atoms with Crippen LogP contribution in [0.5, 0.6) is 0 Å². The van der Waals surface area contributed by atoms with Crippen LogP contribution in [-0.2, 0) is 6.54 Å². The van der Waals surface area contributed by atoms with Crippen molar-refractivity contribution in [2.75, 3.05) is 5.32 Å². The van der Waals surface area contributed by atoms with Gasteiger partial charge in [0.25, 0.3) is 0 Å². The van der Waals surface area contributed by atoms with E-state index in [1.165, 1.54) is 12.1 Å². The van der Waals surface area contributed by atoms with E-state index in [4.69, 9.17) is 11.6 Å². The maximum atomic E-state index is 13.5. The van der Waals surface area contributed by atoms with Gasteiger partial charge in [0.2, 0.25) is 0 Å². The fourth-order valence-corrected chi connectivity index (χ4v) is 2.07. The molecule has 0 aromatic heterocycles. The fraction of sp³-hybridized carbons (Fsp3) is 0.143. The lowest BCUT2D eigenvalue weighted by Gasteiger charge is -2.09. The largest absolute Gasteiger partial charge is 0.379 e. The second kappa shape index (κ2) is 5.72. The Balaban J connectivity index is 2.11. The van der Waals surface area contributed by atoms with E-state index < -0.39 is 0 Å². The zero-order chi connectivity index (χ0) is 13.1. The number of rotatable bonds is 3. The normalized spacial score (nSPS) is 10.4. The number of hydrogen-bond donors (Lipinski definition) is 1. The molecular weight excluding hydrogens is 317 g/mol. The third kappa shape index (κ3) is 3.24. The smallest absolute Gasteiger partial charge is 0.146 e. The van der Waals surface area contributed by atoms with Crippen LogP contribution < -0.4 is 5.32 Å². The quantitative estimate of drug-likeness (QED) is 0.820. The zero-order valence-corrected chi connectivity index (χ0v) is 12.1. The molecule has 0 radical (unpaired) electrons. The predicted octanol–water partition coefficient (Wildman–Crippen LogP) is 5.16. The number of benzene rings is 2. The van der Waals surface area contributed by atoms with Crippen LogP contribution in [0.2, 0.25) is 5.02 Å². The minimum absolute atomic E-state index is 0.298. The third-order valence-electron chi connectivity index (χ3n) is 2.63. The molecule has 18 heavy (non-hydrogen) atoms. The van der Waals surface area contributed by atoms with Gasteiger partial charge in [-0.3, -0.25) is 0 Å². The van der Waals surface area contributed by atoms with E-state index in [1.54, 1.807) is 6.07 Å². The molecule has 1 nitrogen and oxygen atoms in total. The lowest BCUT2D eigenvalue weighted by atomic mass is 10.1. The summed E-state index contributed by atoms with van der Waals surface area (Å²) in [6.07, 6.45) is 0. The van der Waals surface area contributed by atoms with Crippen LogP contribution >= 0.6 is 27.5 Å². The Bertz CT molecular complexity index is 572. The highest BCUT2D eigenvalue weighted by Crippen LogP contribution is 2.21. The lowest BCUT2D eigenvalue weighted by molar-refractivity contribution is 0.630. The van der Waals surface area contributed by atoms with Gasteiger partial charge in [-0.15, -0.1) is 0 Å². The second-order valence-corrected chi connectivity index (χ2v) is 5.35. The van der Waals surface area contributed by atoms with Crippen molar-refractivity contribution >= 4 is 33.2 Å². The summed E-state index contributed by atoms with van der Waals surface area (Å²) in [6.45, 7) is 2.58. The highest BCUT2D eigenvalue weighted by Gasteiger charge is 2.03. The monoisotopic (exact) mass is 327 g/mol. The number of aryl methyl sites for hydroxylation is 1. The van der Waals surface area contributed by atoms with Crippen molar-refractivity contribution < 1.29 is 4.39 Å². The Labute approximate surface area is 119 Å². The van der Waals surface area contributed by atoms with Gasteiger partial charge in [0.1, 0.15) is 5.82 Å². The molecule has 0 aliphatic carbocycles. The first kappa shape index (κ1) is 13.4. The van der Waals surface area contributed by atoms with Gasteiger partial charge in [0.15, 0.2) is 0 Å². The predicted molar refractivity (Wildman–Crippen MR) is 77.6 cm³/mol. The van der Waals surface area contributed by atoms with Gasteiger partial charge in [-0.2, -0.15) is 0 Å². The Hall–Kier alpha value is -1.06. The van der Waals surface area contributed by atoms with Gasteiger partial charge in [-0.1, -0.05) is 39.7 Å². The highest BCUT2D eigenvalue weighted by atomic mass is 79.9. The molecule has 0 saturated carbocycles. The van der Waals surface area contributed by atoms with Crippen LogP contribution in [0.1, 0.15) is 11.1 Å². The molecule has 1 N–H and O–H groups in total. The van der Waals surface area contributed by atoms with Crippen LogP contribution in [0.25, 0.3) is 0 Å². The summed E-state index contributed by atoms with van der Waals surface area (Å²) in [5.74, 6) is -0.298. The zero-order valence-electron chi connectivity index (χ0n) is 9.81. The van der Waals surface area contributed by atoms with E-state index in [0.29, 0.717) is 17.3 Å². The summed E-state index contributed by atoms with van der Waals surface area (Å²) in [7, 11) is 0. The van der Waals surface area contributed by atoms with Crippen LogP contribution in [0.15, 0.2) is 40.9 Å². The average Bonchev–Trinajstić information content (AvgIpc) is 2.34. The molecule has 2 aromatic rings. The lowest BCUT2D eigenvalue weighted by Crippen LogP contribution is -2.01. The summed E-state index contributed by atoms with van der Waals surface area (Å²) in [5, 5.41) is 3.56. The standard InChI is InChI=1S/C14H12BrClFN/c1-9-6-10(2-4-12(9)15)8-18-14-7-11(16)3-5-13(14)17/h2-7,18H,8H2,1H3. The van der Waals surface area contributed by atoms with Crippen LogP contribution in [0.4, 0.5) is 10.1 Å². The van der Waals surface area contributed by atoms with Crippen LogP contribution in [0.3, 0.4) is 0 Å². The van der Waals surface area contributed by atoms with E-state index in [2.05, 4.69) is 27.3 Å². The summed E-state index contributed by atoms with van der Waals surface area (Å²) < 4.78 is 14.6. The number of halogens is 3. The molecule has 4 heteroatoms. The van der Waals surface area contributed by atoms with E-state index in [0.717, 1.165) is 15.6 Å². The minimum Gasteiger partial charge on any atom is -0.379 e.